The van der Waals surface area contributed by atoms with Crippen molar-refractivity contribution < 1.29 is 9.13 Å². The summed E-state index contributed by atoms with van der Waals surface area (Å²) < 4.78 is 18.9. The zero-order chi connectivity index (χ0) is 14.5. The molecule has 2 unspecified atom stereocenters. The van der Waals surface area contributed by atoms with Crippen molar-refractivity contribution in [3.8, 4) is 0 Å². The first-order valence-corrected chi connectivity index (χ1v) is 7.36. The van der Waals surface area contributed by atoms with E-state index >= 15 is 0 Å². The van der Waals surface area contributed by atoms with E-state index in [2.05, 4.69) is 11.9 Å². The molecule has 0 spiro atoms. The van der Waals surface area contributed by atoms with Crippen LogP contribution >= 0.6 is 0 Å². The Morgan fingerprint density at radius 3 is 2.90 bits per heavy atom. The molecular formula is C16H25FN2O. The van der Waals surface area contributed by atoms with Crippen LogP contribution in [0.3, 0.4) is 0 Å². The van der Waals surface area contributed by atoms with E-state index in [4.69, 9.17) is 10.5 Å². The highest BCUT2D eigenvalue weighted by Crippen LogP contribution is 2.23. The summed E-state index contributed by atoms with van der Waals surface area (Å²) in [6.45, 7) is 5.02. The Kier molecular flexibility index (Phi) is 5.52. The maximum absolute atomic E-state index is 13.4. The Morgan fingerprint density at radius 1 is 1.50 bits per heavy atom. The number of halogens is 1. The molecular weight excluding hydrogens is 255 g/mol. The molecule has 20 heavy (non-hydrogen) atoms. The molecule has 0 radical (unpaired) electrons. The van der Waals surface area contributed by atoms with Crippen molar-refractivity contribution in [2.24, 2.45) is 11.7 Å². The van der Waals surface area contributed by atoms with Crippen LogP contribution in [0.2, 0.25) is 0 Å². The van der Waals surface area contributed by atoms with Gasteiger partial charge in [0.15, 0.2) is 0 Å². The minimum absolute atomic E-state index is 0.135. The van der Waals surface area contributed by atoms with Crippen LogP contribution < -0.4 is 5.73 Å². The molecule has 2 rings (SSSR count). The normalized spacial score (nSPS) is 21.1. The van der Waals surface area contributed by atoms with Gasteiger partial charge in [0.05, 0.1) is 6.61 Å². The summed E-state index contributed by atoms with van der Waals surface area (Å²) in [7, 11) is 2.09. The lowest BCUT2D eigenvalue weighted by molar-refractivity contribution is 0.0365. The molecule has 1 aromatic rings. The molecule has 1 fully saturated rings. The second kappa shape index (κ2) is 7.16. The van der Waals surface area contributed by atoms with E-state index in [1.807, 2.05) is 12.1 Å². The van der Waals surface area contributed by atoms with Gasteiger partial charge in [-0.2, -0.15) is 0 Å². The van der Waals surface area contributed by atoms with Gasteiger partial charge in [-0.3, -0.25) is 4.90 Å². The summed E-state index contributed by atoms with van der Waals surface area (Å²) in [5.74, 6) is 0.414. The summed E-state index contributed by atoms with van der Waals surface area (Å²) in [4.78, 5) is 2.27. The van der Waals surface area contributed by atoms with Crippen LogP contribution in [-0.2, 0) is 4.74 Å². The highest BCUT2D eigenvalue weighted by Gasteiger charge is 2.21. The molecule has 0 aromatic heterocycles. The Morgan fingerprint density at radius 2 is 2.30 bits per heavy atom. The number of nitrogens with two attached hydrogens (primary N) is 1. The maximum Gasteiger partial charge on any atom is 0.126 e. The van der Waals surface area contributed by atoms with Crippen molar-refractivity contribution in [1.29, 1.82) is 0 Å². The van der Waals surface area contributed by atoms with E-state index in [9.17, 15) is 4.39 Å². The van der Waals surface area contributed by atoms with E-state index in [1.165, 1.54) is 12.5 Å². The van der Waals surface area contributed by atoms with Crippen LogP contribution in [0.15, 0.2) is 18.2 Å². The van der Waals surface area contributed by atoms with E-state index in [0.717, 1.165) is 31.7 Å². The van der Waals surface area contributed by atoms with Gasteiger partial charge in [0.25, 0.3) is 0 Å². The molecule has 2 N–H and O–H groups in total. The molecule has 4 heteroatoms. The Hall–Kier alpha value is -0.970. The molecule has 1 aliphatic rings. The average Bonchev–Trinajstić information content (AvgIpc) is 2.44. The van der Waals surface area contributed by atoms with Crippen molar-refractivity contribution >= 4 is 0 Å². The van der Waals surface area contributed by atoms with E-state index in [0.29, 0.717) is 18.0 Å². The SMILES string of the molecule is Cc1cc(C(CN)N(C)CC2CCCOC2)ccc1F. The third kappa shape index (κ3) is 3.78. The van der Waals surface area contributed by atoms with Crippen LogP contribution in [0, 0.1) is 18.7 Å². The van der Waals surface area contributed by atoms with Crippen LogP contribution in [-0.4, -0.2) is 38.3 Å². The third-order valence-corrected chi connectivity index (χ3v) is 4.12. The number of ether oxygens (including phenoxy) is 1. The quantitative estimate of drug-likeness (QED) is 0.900. The predicted octanol–water partition coefficient (Wildman–Crippen LogP) is 2.49. The molecule has 2 atom stereocenters. The summed E-state index contributed by atoms with van der Waals surface area (Å²) in [6, 6.07) is 5.41. The molecule has 0 amide bonds. The van der Waals surface area contributed by atoms with Crippen molar-refractivity contribution in [1.82, 2.24) is 4.90 Å². The Labute approximate surface area is 120 Å². The molecule has 1 aromatic carbocycles. The first-order valence-electron chi connectivity index (χ1n) is 7.36. The molecule has 1 heterocycles. The molecule has 1 aliphatic heterocycles. The average molecular weight is 280 g/mol. The van der Waals surface area contributed by atoms with Gasteiger partial charge < -0.3 is 10.5 Å². The van der Waals surface area contributed by atoms with Crippen LogP contribution in [0.5, 0.6) is 0 Å². The van der Waals surface area contributed by atoms with Gasteiger partial charge in [-0.25, -0.2) is 4.39 Å². The summed E-state index contributed by atoms with van der Waals surface area (Å²) >= 11 is 0. The van der Waals surface area contributed by atoms with Crippen molar-refractivity contribution in [3.05, 3.63) is 35.1 Å². The second-order valence-electron chi connectivity index (χ2n) is 5.78. The van der Waals surface area contributed by atoms with Crippen molar-refractivity contribution in [2.75, 3.05) is 33.4 Å². The number of rotatable bonds is 5. The lowest BCUT2D eigenvalue weighted by atomic mass is 9.98. The number of benzene rings is 1. The number of likely N-dealkylation sites (N-methyl/N-ethyl adjacent to an activating group) is 1. The number of hydrogen-bond acceptors (Lipinski definition) is 3. The molecule has 0 bridgehead atoms. The first kappa shape index (κ1) is 15.4. The minimum Gasteiger partial charge on any atom is -0.381 e. The topological polar surface area (TPSA) is 38.5 Å². The minimum atomic E-state index is -0.159. The predicted molar refractivity (Wildman–Crippen MR) is 79.1 cm³/mol. The van der Waals surface area contributed by atoms with Gasteiger partial charge in [0.2, 0.25) is 0 Å². The van der Waals surface area contributed by atoms with Gasteiger partial charge >= 0.3 is 0 Å². The zero-order valence-electron chi connectivity index (χ0n) is 12.4. The van der Waals surface area contributed by atoms with Gasteiger partial charge in [-0.15, -0.1) is 0 Å². The van der Waals surface area contributed by atoms with Crippen LogP contribution in [0.25, 0.3) is 0 Å². The fourth-order valence-electron chi connectivity index (χ4n) is 2.93. The van der Waals surface area contributed by atoms with Crippen LogP contribution in [0.4, 0.5) is 4.39 Å². The Bertz CT molecular complexity index is 432. The summed E-state index contributed by atoms with van der Waals surface area (Å²) in [5.41, 5.74) is 7.70. The lowest BCUT2D eigenvalue weighted by Crippen LogP contribution is -2.36. The summed E-state index contributed by atoms with van der Waals surface area (Å²) in [5, 5.41) is 0. The van der Waals surface area contributed by atoms with Crippen LogP contribution in [0.1, 0.15) is 30.0 Å². The smallest absolute Gasteiger partial charge is 0.126 e. The molecule has 3 nitrogen and oxygen atoms in total. The molecule has 0 saturated carbocycles. The third-order valence-electron chi connectivity index (χ3n) is 4.12. The highest BCUT2D eigenvalue weighted by atomic mass is 19.1. The molecule has 112 valence electrons. The van der Waals surface area contributed by atoms with Gasteiger partial charge in [0, 0.05) is 25.7 Å². The summed E-state index contributed by atoms with van der Waals surface area (Å²) in [6.07, 6.45) is 2.35. The lowest BCUT2D eigenvalue weighted by Gasteiger charge is -2.32. The van der Waals surface area contributed by atoms with E-state index < -0.39 is 0 Å². The van der Waals surface area contributed by atoms with Gasteiger partial charge in [-0.1, -0.05) is 12.1 Å². The first-order chi connectivity index (χ1) is 9.61. The Balaban J connectivity index is 2.03. The molecule has 1 saturated heterocycles. The maximum atomic E-state index is 13.4. The number of nitrogens with zero attached hydrogens (tertiary/aromatic N) is 1. The second-order valence-corrected chi connectivity index (χ2v) is 5.78. The highest BCUT2D eigenvalue weighted by molar-refractivity contribution is 5.26. The standard InChI is InChI=1S/C16H25FN2O/c1-12-8-14(5-6-15(12)17)16(9-18)19(2)10-13-4-3-7-20-11-13/h5-6,8,13,16H,3-4,7,9-11,18H2,1-2H3. The molecule has 0 aliphatic carbocycles. The van der Waals surface area contributed by atoms with Gasteiger partial charge in [-0.05, 0) is 49.9 Å². The number of hydrogen-bond donors (Lipinski definition) is 1. The van der Waals surface area contributed by atoms with Gasteiger partial charge in [0.1, 0.15) is 5.82 Å². The zero-order valence-corrected chi connectivity index (χ0v) is 12.4. The largest absolute Gasteiger partial charge is 0.381 e. The van der Waals surface area contributed by atoms with Crippen molar-refractivity contribution in [2.45, 2.75) is 25.8 Å². The fourth-order valence-corrected chi connectivity index (χ4v) is 2.93. The van der Waals surface area contributed by atoms with E-state index in [-0.39, 0.29) is 11.9 Å². The van der Waals surface area contributed by atoms with E-state index in [1.54, 1.807) is 6.92 Å². The number of aryl methyl sites for hydroxylation is 1. The fraction of sp³-hybridized carbons (Fsp3) is 0.625. The van der Waals surface area contributed by atoms with Crippen molar-refractivity contribution in [3.63, 3.8) is 0 Å². The monoisotopic (exact) mass is 280 g/mol.